The van der Waals surface area contributed by atoms with E-state index in [0.29, 0.717) is 30.3 Å². The summed E-state index contributed by atoms with van der Waals surface area (Å²) in [6.07, 6.45) is 0.952. The molecule has 0 aromatic heterocycles. The van der Waals surface area contributed by atoms with Crippen molar-refractivity contribution in [2.75, 3.05) is 13.2 Å². The van der Waals surface area contributed by atoms with E-state index in [2.05, 4.69) is 0 Å². The molecule has 21 heavy (non-hydrogen) atoms. The summed E-state index contributed by atoms with van der Waals surface area (Å²) in [5.41, 5.74) is 1.64. The van der Waals surface area contributed by atoms with Crippen LogP contribution in [0.15, 0.2) is 48.5 Å². The number of hydrogen-bond donors (Lipinski definition) is 0. The van der Waals surface area contributed by atoms with Crippen molar-refractivity contribution < 1.29 is 19.0 Å². The third-order valence-electron chi connectivity index (χ3n) is 3.17. The van der Waals surface area contributed by atoms with Crippen molar-refractivity contribution in [3.05, 3.63) is 59.7 Å². The van der Waals surface area contributed by atoms with Crippen LogP contribution < -0.4 is 9.47 Å². The SMILES string of the molecule is O=Cc1ccc(OCc2ccccc2)c(OC[C@@H]2CO2)c1. The van der Waals surface area contributed by atoms with Crippen molar-refractivity contribution in [2.45, 2.75) is 12.7 Å². The Kier molecular flexibility index (Phi) is 4.17. The van der Waals surface area contributed by atoms with Crippen LogP contribution in [0.2, 0.25) is 0 Å². The summed E-state index contributed by atoms with van der Waals surface area (Å²) in [5, 5.41) is 0. The molecule has 1 aliphatic heterocycles. The molecule has 4 nitrogen and oxygen atoms in total. The third kappa shape index (κ3) is 3.83. The summed E-state index contributed by atoms with van der Waals surface area (Å²) in [6.45, 7) is 1.66. The van der Waals surface area contributed by atoms with E-state index in [1.54, 1.807) is 18.2 Å². The van der Waals surface area contributed by atoms with Gasteiger partial charge in [-0.15, -0.1) is 0 Å². The fourth-order valence-electron chi connectivity index (χ4n) is 1.91. The van der Waals surface area contributed by atoms with Gasteiger partial charge in [0.2, 0.25) is 0 Å². The molecule has 1 heterocycles. The zero-order valence-electron chi connectivity index (χ0n) is 11.5. The fraction of sp³-hybridized carbons (Fsp3) is 0.235. The van der Waals surface area contributed by atoms with Gasteiger partial charge in [-0.3, -0.25) is 4.79 Å². The molecule has 4 heteroatoms. The molecule has 108 valence electrons. The smallest absolute Gasteiger partial charge is 0.162 e. The predicted octanol–water partition coefficient (Wildman–Crippen LogP) is 2.86. The lowest BCUT2D eigenvalue weighted by Gasteiger charge is -2.12. The van der Waals surface area contributed by atoms with Crippen molar-refractivity contribution in [3.63, 3.8) is 0 Å². The number of rotatable bonds is 7. The lowest BCUT2D eigenvalue weighted by atomic mass is 10.2. The lowest BCUT2D eigenvalue weighted by molar-refractivity contribution is 0.112. The highest BCUT2D eigenvalue weighted by molar-refractivity contribution is 5.76. The van der Waals surface area contributed by atoms with Crippen LogP contribution in [0, 0.1) is 0 Å². The van der Waals surface area contributed by atoms with Gasteiger partial charge in [-0.1, -0.05) is 30.3 Å². The zero-order valence-corrected chi connectivity index (χ0v) is 11.5. The Morgan fingerprint density at radius 1 is 1.10 bits per heavy atom. The van der Waals surface area contributed by atoms with Crippen LogP contribution in [0.1, 0.15) is 15.9 Å². The first-order chi connectivity index (χ1) is 10.3. The molecule has 1 aliphatic rings. The Balaban J connectivity index is 1.70. The summed E-state index contributed by atoms with van der Waals surface area (Å²) < 4.78 is 16.6. The summed E-state index contributed by atoms with van der Waals surface area (Å²) in [7, 11) is 0. The number of carbonyl (C=O) groups excluding carboxylic acids is 1. The van der Waals surface area contributed by atoms with E-state index in [0.717, 1.165) is 18.5 Å². The molecule has 1 saturated heterocycles. The Hall–Kier alpha value is -2.33. The van der Waals surface area contributed by atoms with Crippen molar-refractivity contribution in [1.29, 1.82) is 0 Å². The van der Waals surface area contributed by atoms with E-state index < -0.39 is 0 Å². The highest BCUT2D eigenvalue weighted by Crippen LogP contribution is 2.29. The molecule has 0 aliphatic carbocycles. The summed E-state index contributed by atoms with van der Waals surface area (Å²) in [6, 6.07) is 15.1. The van der Waals surface area contributed by atoms with Crippen LogP contribution in [0.4, 0.5) is 0 Å². The fourth-order valence-corrected chi connectivity index (χ4v) is 1.91. The van der Waals surface area contributed by atoms with Crippen molar-refractivity contribution in [2.24, 2.45) is 0 Å². The molecule has 1 atom stereocenters. The molecule has 1 fully saturated rings. The van der Waals surface area contributed by atoms with Crippen molar-refractivity contribution >= 4 is 6.29 Å². The highest BCUT2D eigenvalue weighted by Gasteiger charge is 2.23. The molecular weight excluding hydrogens is 268 g/mol. The van der Waals surface area contributed by atoms with E-state index in [9.17, 15) is 4.79 Å². The first-order valence-corrected chi connectivity index (χ1v) is 6.85. The molecule has 0 bridgehead atoms. The monoisotopic (exact) mass is 284 g/mol. The maximum atomic E-state index is 10.9. The van der Waals surface area contributed by atoms with Crippen LogP contribution in [-0.2, 0) is 11.3 Å². The summed E-state index contributed by atoms with van der Waals surface area (Å²) in [4.78, 5) is 10.9. The number of ether oxygens (including phenoxy) is 3. The molecule has 0 spiro atoms. The number of carbonyl (C=O) groups is 1. The second-order valence-electron chi connectivity index (χ2n) is 4.86. The van der Waals surface area contributed by atoms with Gasteiger partial charge in [-0.2, -0.15) is 0 Å². The Labute approximate surface area is 123 Å². The zero-order chi connectivity index (χ0) is 14.5. The van der Waals surface area contributed by atoms with Gasteiger partial charge in [-0.05, 0) is 23.8 Å². The molecule has 3 rings (SSSR count). The van der Waals surface area contributed by atoms with Gasteiger partial charge in [0.1, 0.15) is 25.6 Å². The van der Waals surface area contributed by atoms with Crippen LogP contribution in [0.3, 0.4) is 0 Å². The first kappa shape index (κ1) is 13.6. The topological polar surface area (TPSA) is 48.1 Å². The van der Waals surface area contributed by atoms with Gasteiger partial charge in [0.15, 0.2) is 11.5 Å². The molecule has 0 saturated carbocycles. The van der Waals surface area contributed by atoms with Crippen LogP contribution in [-0.4, -0.2) is 25.6 Å². The van der Waals surface area contributed by atoms with Gasteiger partial charge in [0.05, 0.1) is 6.61 Å². The number of hydrogen-bond acceptors (Lipinski definition) is 4. The minimum atomic E-state index is 0.159. The van der Waals surface area contributed by atoms with Crippen molar-refractivity contribution in [3.8, 4) is 11.5 Å². The first-order valence-electron chi connectivity index (χ1n) is 6.85. The van der Waals surface area contributed by atoms with Gasteiger partial charge < -0.3 is 14.2 Å². The van der Waals surface area contributed by atoms with Crippen LogP contribution in [0.5, 0.6) is 11.5 Å². The third-order valence-corrected chi connectivity index (χ3v) is 3.17. The number of benzene rings is 2. The van der Waals surface area contributed by atoms with Gasteiger partial charge >= 0.3 is 0 Å². The van der Waals surface area contributed by atoms with Crippen LogP contribution in [0.25, 0.3) is 0 Å². The molecule has 0 unspecified atom stereocenters. The molecule has 2 aromatic rings. The second kappa shape index (κ2) is 6.41. The summed E-state index contributed by atoms with van der Waals surface area (Å²) >= 11 is 0. The maximum Gasteiger partial charge on any atom is 0.162 e. The van der Waals surface area contributed by atoms with Gasteiger partial charge in [-0.25, -0.2) is 0 Å². The highest BCUT2D eigenvalue weighted by atomic mass is 16.6. The van der Waals surface area contributed by atoms with E-state index in [-0.39, 0.29) is 6.10 Å². The Bertz CT molecular complexity index is 605. The van der Waals surface area contributed by atoms with E-state index in [1.165, 1.54) is 0 Å². The second-order valence-corrected chi connectivity index (χ2v) is 4.86. The Morgan fingerprint density at radius 3 is 2.62 bits per heavy atom. The average molecular weight is 284 g/mol. The standard InChI is InChI=1S/C17H16O4/c18-9-14-6-7-16(17(8-14)21-12-15-11-19-15)20-10-13-4-2-1-3-5-13/h1-9,15H,10-12H2/t15-/m0/s1. The van der Waals surface area contributed by atoms with E-state index in [4.69, 9.17) is 14.2 Å². The minimum Gasteiger partial charge on any atom is -0.487 e. The van der Waals surface area contributed by atoms with E-state index in [1.807, 2.05) is 30.3 Å². The molecular formula is C17H16O4. The van der Waals surface area contributed by atoms with Crippen LogP contribution >= 0.6 is 0 Å². The van der Waals surface area contributed by atoms with Crippen molar-refractivity contribution in [1.82, 2.24) is 0 Å². The maximum absolute atomic E-state index is 10.9. The molecule has 0 N–H and O–H groups in total. The molecule has 2 aromatic carbocycles. The van der Waals surface area contributed by atoms with Gasteiger partial charge in [0, 0.05) is 5.56 Å². The molecule has 0 radical (unpaired) electrons. The largest absolute Gasteiger partial charge is 0.487 e. The Morgan fingerprint density at radius 2 is 1.90 bits per heavy atom. The van der Waals surface area contributed by atoms with E-state index >= 15 is 0 Å². The average Bonchev–Trinajstić information content (AvgIpc) is 3.36. The number of epoxide rings is 1. The normalized spacial score (nSPS) is 16.3. The van der Waals surface area contributed by atoms with Gasteiger partial charge in [0.25, 0.3) is 0 Å². The number of aldehydes is 1. The predicted molar refractivity (Wildman–Crippen MR) is 77.8 cm³/mol. The molecule has 0 amide bonds. The lowest BCUT2D eigenvalue weighted by Crippen LogP contribution is -2.06. The quantitative estimate of drug-likeness (QED) is 0.579. The minimum absolute atomic E-state index is 0.159. The summed E-state index contributed by atoms with van der Waals surface area (Å²) in [5.74, 6) is 1.20.